The fourth-order valence-corrected chi connectivity index (χ4v) is 5.09. The molecule has 0 radical (unpaired) electrons. The van der Waals surface area contributed by atoms with Gasteiger partial charge < -0.3 is 19.7 Å². The third-order valence-corrected chi connectivity index (χ3v) is 6.81. The molecule has 1 N–H and O–H groups in total. The minimum Gasteiger partial charge on any atom is -0.493 e. The molecule has 2 aromatic heterocycles. The Hall–Kier alpha value is -3.07. The number of carbonyl (C=O) groups is 1. The molecule has 1 aliphatic rings. The molecule has 1 fully saturated rings. The van der Waals surface area contributed by atoms with E-state index < -0.39 is 0 Å². The van der Waals surface area contributed by atoms with E-state index in [0.717, 1.165) is 46.6 Å². The summed E-state index contributed by atoms with van der Waals surface area (Å²) in [5.41, 5.74) is 3.24. The summed E-state index contributed by atoms with van der Waals surface area (Å²) in [5, 5.41) is 13.6. The van der Waals surface area contributed by atoms with E-state index in [2.05, 4.69) is 51.0 Å². The molecule has 1 aromatic carbocycles. The van der Waals surface area contributed by atoms with Gasteiger partial charge in [-0.05, 0) is 56.5 Å². The standard InChI is InChI=1S/C23H29N5O3S/c1-15-7-8-16(2)28(15)23-26-25-22(32-23)27-11-5-6-18(14-27)21(29)24-13-17-9-10-19(30-3)20(12-17)31-4/h7-10,12,18H,5-6,11,13-14H2,1-4H3,(H,24,29)/t18-/m0/s1. The van der Waals surface area contributed by atoms with Crippen molar-refractivity contribution in [3.05, 3.63) is 47.3 Å². The second-order valence-corrected chi connectivity index (χ2v) is 8.95. The number of nitrogens with zero attached hydrogens (tertiary/aromatic N) is 4. The molecule has 1 saturated heterocycles. The van der Waals surface area contributed by atoms with E-state index in [1.807, 2.05) is 18.2 Å². The third kappa shape index (κ3) is 4.57. The van der Waals surface area contributed by atoms with Crippen LogP contribution in [0, 0.1) is 19.8 Å². The molecule has 4 rings (SSSR count). The quantitative estimate of drug-likeness (QED) is 0.587. The SMILES string of the molecule is COc1ccc(CNC(=O)[C@H]2CCCN(c3nnc(-n4c(C)ccc4C)s3)C2)cc1OC. The van der Waals surface area contributed by atoms with Gasteiger partial charge in [0.1, 0.15) is 0 Å². The van der Waals surface area contributed by atoms with Crippen molar-refractivity contribution < 1.29 is 14.3 Å². The average Bonchev–Trinajstić information content (AvgIpc) is 3.43. The fourth-order valence-electron chi connectivity index (χ4n) is 4.09. The fraction of sp³-hybridized carbons (Fsp3) is 0.435. The molecule has 1 atom stereocenters. The van der Waals surface area contributed by atoms with Crippen molar-refractivity contribution in [1.29, 1.82) is 0 Å². The maximum atomic E-state index is 12.9. The lowest BCUT2D eigenvalue weighted by molar-refractivity contribution is -0.125. The van der Waals surface area contributed by atoms with Crippen LogP contribution in [-0.2, 0) is 11.3 Å². The minimum atomic E-state index is -0.0775. The van der Waals surface area contributed by atoms with Crippen LogP contribution < -0.4 is 19.7 Å². The van der Waals surface area contributed by atoms with E-state index in [4.69, 9.17) is 9.47 Å². The van der Waals surface area contributed by atoms with Crippen molar-refractivity contribution in [3.63, 3.8) is 0 Å². The van der Waals surface area contributed by atoms with Crippen LogP contribution in [0.15, 0.2) is 30.3 Å². The van der Waals surface area contributed by atoms with Gasteiger partial charge in [-0.2, -0.15) is 0 Å². The highest BCUT2D eigenvalue weighted by Crippen LogP contribution is 2.30. The Morgan fingerprint density at radius 3 is 2.53 bits per heavy atom. The van der Waals surface area contributed by atoms with Crippen LogP contribution in [0.5, 0.6) is 11.5 Å². The molecule has 0 bridgehead atoms. The highest BCUT2D eigenvalue weighted by molar-refractivity contribution is 7.17. The maximum Gasteiger partial charge on any atom is 0.225 e. The van der Waals surface area contributed by atoms with Crippen LogP contribution in [0.2, 0.25) is 0 Å². The number of hydrogen-bond donors (Lipinski definition) is 1. The number of aryl methyl sites for hydroxylation is 2. The minimum absolute atomic E-state index is 0.0614. The number of aromatic nitrogens is 3. The molecule has 0 spiro atoms. The number of ether oxygens (including phenoxy) is 2. The van der Waals surface area contributed by atoms with E-state index in [0.29, 0.717) is 24.6 Å². The largest absolute Gasteiger partial charge is 0.493 e. The van der Waals surface area contributed by atoms with Crippen molar-refractivity contribution in [3.8, 4) is 16.6 Å². The van der Waals surface area contributed by atoms with Gasteiger partial charge in [-0.25, -0.2) is 0 Å². The number of hydrogen-bond acceptors (Lipinski definition) is 7. The summed E-state index contributed by atoms with van der Waals surface area (Å²) in [6, 6.07) is 9.83. The third-order valence-electron chi connectivity index (χ3n) is 5.84. The van der Waals surface area contributed by atoms with E-state index >= 15 is 0 Å². The molecule has 3 aromatic rings. The van der Waals surface area contributed by atoms with Crippen molar-refractivity contribution in [1.82, 2.24) is 20.1 Å². The lowest BCUT2D eigenvalue weighted by atomic mass is 9.97. The van der Waals surface area contributed by atoms with E-state index in [9.17, 15) is 4.79 Å². The van der Waals surface area contributed by atoms with Gasteiger partial charge in [-0.3, -0.25) is 9.36 Å². The summed E-state index contributed by atoms with van der Waals surface area (Å²) in [7, 11) is 3.21. The molecular weight excluding hydrogens is 426 g/mol. The normalized spacial score (nSPS) is 16.1. The summed E-state index contributed by atoms with van der Waals surface area (Å²) in [5.74, 6) is 1.31. The van der Waals surface area contributed by atoms with Gasteiger partial charge in [0.05, 0.1) is 20.1 Å². The van der Waals surface area contributed by atoms with E-state index in [1.165, 1.54) is 0 Å². The Labute approximate surface area is 192 Å². The Balaban J connectivity index is 1.38. The smallest absolute Gasteiger partial charge is 0.225 e. The molecule has 0 aliphatic carbocycles. The van der Waals surface area contributed by atoms with Gasteiger partial charge in [-0.15, -0.1) is 10.2 Å². The molecule has 1 amide bonds. The molecular formula is C23H29N5O3S. The van der Waals surface area contributed by atoms with Gasteiger partial charge in [-0.1, -0.05) is 17.4 Å². The Morgan fingerprint density at radius 1 is 1.09 bits per heavy atom. The van der Waals surface area contributed by atoms with Crippen LogP contribution >= 0.6 is 11.3 Å². The average molecular weight is 456 g/mol. The second kappa shape index (κ2) is 9.60. The number of methoxy groups -OCH3 is 2. The van der Waals surface area contributed by atoms with Crippen molar-refractivity contribution in [2.75, 3.05) is 32.2 Å². The van der Waals surface area contributed by atoms with E-state index in [-0.39, 0.29) is 11.8 Å². The molecule has 0 saturated carbocycles. The number of anilines is 1. The molecule has 170 valence electrons. The van der Waals surface area contributed by atoms with Gasteiger partial charge >= 0.3 is 0 Å². The molecule has 8 nitrogen and oxygen atoms in total. The molecule has 0 unspecified atom stereocenters. The number of nitrogens with one attached hydrogen (secondary N) is 1. The highest BCUT2D eigenvalue weighted by Gasteiger charge is 2.28. The molecule has 1 aliphatic heterocycles. The first-order valence-corrected chi connectivity index (χ1v) is 11.5. The van der Waals surface area contributed by atoms with Gasteiger partial charge in [0.2, 0.25) is 16.2 Å². The Kier molecular flexibility index (Phi) is 6.64. The number of benzene rings is 1. The Morgan fingerprint density at radius 2 is 1.81 bits per heavy atom. The molecule has 32 heavy (non-hydrogen) atoms. The van der Waals surface area contributed by atoms with Crippen molar-refractivity contribution >= 4 is 22.4 Å². The van der Waals surface area contributed by atoms with E-state index in [1.54, 1.807) is 25.6 Å². The number of rotatable bonds is 7. The zero-order valence-electron chi connectivity index (χ0n) is 18.9. The summed E-state index contributed by atoms with van der Waals surface area (Å²) in [6.07, 6.45) is 1.82. The van der Waals surface area contributed by atoms with Crippen LogP contribution in [0.3, 0.4) is 0 Å². The predicted molar refractivity (Wildman–Crippen MR) is 125 cm³/mol. The summed E-state index contributed by atoms with van der Waals surface area (Å²) in [6.45, 7) is 6.11. The first-order valence-electron chi connectivity index (χ1n) is 10.7. The number of amides is 1. The van der Waals surface area contributed by atoms with Crippen molar-refractivity contribution in [2.24, 2.45) is 5.92 Å². The summed E-state index contributed by atoms with van der Waals surface area (Å²) < 4.78 is 12.7. The van der Waals surface area contributed by atoms with Crippen molar-refractivity contribution in [2.45, 2.75) is 33.2 Å². The second-order valence-electron chi connectivity index (χ2n) is 8.01. The Bertz CT molecular complexity index is 1070. The zero-order valence-corrected chi connectivity index (χ0v) is 19.7. The molecule has 3 heterocycles. The maximum absolute atomic E-state index is 12.9. The summed E-state index contributed by atoms with van der Waals surface area (Å²) >= 11 is 1.57. The van der Waals surface area contributed by atoms with Gasteiger partial charge in [0, 0.05) is 31.0 Å². The van der Waals surface area contributed by atoms with Gasteiger partial charge in [0.15, 0.2) is 11.5 Å². The lowest BCUT2D eigenvalue weighted by Gasteiger charge is -2.31. The summed E-state index contributed by atoms with van der Waals surface area (Å²) in [4.78, 5) is 15.1. The highest BCUT2D eigenvalue weighted by atomic mass is 32.1. The lowest BCUT2D eigenvalue weighted by Crippen LogP contribution is -2.43. The van der Waals surface area contributed by atoms with Gasteiger partial charge in [0.25, 0.3) is 0 Å². The van der Waals surface area contributed by atoms with Crippen LogP contribution in [-0.4, -0.2) is 48.0 Å². The monoisotopic (exact) mass is 455 g/mol. The number of carbonyl (C=O) groups excluding carboxylic acids is 1. The topological polar surface area (TPSA) is 81.5 Å². The first kappa shape index (κ1) is 22.1. The van der Waals surface area contributed by atoms with Crippen LogP contribution in [0.25, 0.3) is 5.13 Å². The zero-order chi connectivity index (χ0) is 22.7. The first-order chi connectivity index (χ1) is 15.5. The number of piperidine rings is 1. The van der Waals surface area contributed by atoms with Crippen LogP contribution in [0.4, 0.5) is 5.13 Å². The van der Waals surface area contributed by atoms with Crippen LogP contribution in [0.1, 0.15) is 29.8 Å². The predicted octanol–water partition coefficient (Wildman–Crippen LogP) is 3.50. The molecule has 9 heteroatoms.